The van der Waals surface area contributed by atoms with Crippen LogP contribution in [0.2, 0.25) is 0 Å². The molecule has 0 spiro atoms. The van der Waals surface area contributed by atoms with Crippen molar-refractivity contribution in [2.45, 2.75) is 32.7 Å². The summed E-state index contributed by atoms with van der Waals surface area (Å²) in [7, 11) is 1.29. The lowest BCUT2D eigenvalue weighted by Gasteiger charge is -2.18. The molecule has 0 aromatic heterocycles. The fourth-order valence-corrected chi connectivity index (χ4v) is 2.59. The molecule has 24 heavy (non-hydrogen) atoms. The molecule has 132 valence electrons. The third-order valence-corrected chi connectivity index (χ3v) is 3.98. The maximum Gasteiger partial charge on any atom is 0.328 e. The molecule has 0 unspecified atom stereocenters. The highest BCUT2D eigenvalue weighted by Gasteiger charge is 2.22. The minimum absolute atomic E-state index is 0.0851. The van der Waals surface area contributed by atoms with Gasteiger partial charge in [0.1, 0.15) is 6.04 Å². The van der Waals surface area contributed by atoms with E-state index in [1.807, 2.05) is 19.9 Å². The fraction of sp³-hybridized carbons (Fsp3) is 0.471. The Balaban J connectivity index is 2.46. The highest BCUT2D eigenvalue weighted by Crippen LogP contribution is 2.15. The van der Waals surface area contributed by atoms with Crippen LogP contribution in [0, 0.1) is 5.92 Å². The van der Waals surface area contributed by atoms with Crippen molar-refractivity contribution in [1.29, 1.82) is 0 Å². The van der Waals surface area contributed by atoms with Gasteiger partial charge in [0.25, 0.3) is 5.91 Å². The number of methoxy groups -OCH3 is 1. The molecule has 7 heteroatoms. The molecule has 0 radical (unpaired) electrons. The van der Waals surface area contributed by atoms with Crippen molar-refractivity contribution in [3.05, 3.63) is 34.3 Å². The van der Waals surface area contributed by atoms with Crippen molar-refractivity contribution in [1.82, 2.24) is 10.6 Å². The van der Waals surface area contributed by atoms with Crippen LogP contribution in [0.4, 0.5) is 0 Å². The van der Waals surface area contributed by atoms with Crippen LogP contribution in [0.3, 0.4) is 0 Å². The SMILES string of the molecule is COC(=O)[C@H](CC(C)C)NC(=O)CCNC(=O)c1ccccc1Br. The Morgan fingerprint density at radius 1 is 1.21 bits per heavy atom. The van der Waals surface area contributed by atoms with Gasteiger partial charge in [-0.15, -0.1) is 0 Å². The second kappa shape index (κ2) is 10.1. The van der Waals surface area contributed by atoms with Crippen molar-refractivity contribution in [3.63, 3.8) is 0 Å². The molecule has 1 aromatic carbocycles. The monoisotopic (exact) mass is 398 g/mol. The Morgan fingerprint density at radius 3 is 2.46 bits per heavy atom. The number of rotatable bonds is 8. The zero-order valence-electron chi connectivity index (χ0n) is 14.1. The molecule has 0 heterocycles. The number of nitrogens with one attached hydrogen (secondary N) is 2. The molecule has 1 aromatic rings. The zero-order chi connectivity index (χ0) is 18.1. The molecule has 0 saturated heterocycles. The maximum absolute atomic E-state index is 12.0. The minimum Gasteiger partial charge on any atom is -0.467 e. The van der Waals surface area contributed by atoms with Crippen LogP contribution in [0.1, 0.15) is 37.0 Å². The smallest absolute Gasteiger partial charge is 0.328 e. The van der Waals surface area contributed by atoms with Crippen molar-refractivity contribution >= 4 is 33.7 Å². The summed E-state index contributed by atoms with van der Waals surface area (Å²) < 4.78 is 5.39. The van der Waals surface area contributed by atoms with Crippen LogP contribution in [-0.4, -0.2) is 37.5 Å². The number of halogens is 1. The number of esters is 1. The number of ether oxygens (including phenoxy) is 1. The first-order valence-corrected chi connectivity index (χ1v) is 8.54. The number of benzene rings is 1. The van der Waals surface area contributed by atoms with Crippen LogP contribution in [0.15, 0.2) is 28.7 Å². The lowest BCUT2D eigenvalue weighted by Crippen LogP contribution is -2.43. The minimum atomic E-state index is -0.665. The van der Waals surface area contributed by atoms with E-state index in [9.17, 15) is 14.4 Å². The third kappa shape index (κ3) is 6.70. The number of hydrogen-bond donors (Lipinski definition) is 2. The summed E-state index contributed by atoms with van der Waals surface area (Å²) in [6.45, 7) is 4.10. The summed E-state index contributed by atoms with van der Waals surface area (Å²) >= 11 is 3.31. The first-order valence-electron chi connectivity index (χ1n) is 7.75. The van der Waals surface area contributed by atoms with Crippen LogP contribution in [0.25, 0.3) is 0 Å². The van der Waals surface area contributed by atoms with Gasteiger partial charge in [-0.2, -0.15) is 0 Å². The Hall–Kier alpha value is -1.89. The summed E-state index contributed by atoms with van der Waals surface area (Å²) in [6.07, 6.45) is 0.587. The average Bonchev–Trinajstić information content (AvgIpc) is 2.53. The quantitative estimate of drug-likeness (QED) is 0.657. The van der Waals surface area contributed by atoms with E-state index >= 15 is 0 Å². The van der Waals surface area contributed by atoms with Crippen LogP contribution >= 0.6 is 15.9 Å². The second-order valence-electron chi connectivity index (χ2n) is 5.76. The standard InChI is InChI=1S/C17H23BrN2O4/c1-11(2)10-14(17(23)24-3)20-15(21)8-9-19-16(22)12-6-4-5-7-13(12)18/h4-7,11,14H,8-10H2,1-3H3,(H,19,22)(H,20,21)/t14-/m0/s1. The molecule has 0 aliphatic heterocycles. The van der Waals surface area contributed by atoms with Crippen molar-refractivity contribution in [2.24, 2.45) is 5.92 Å². The Morgan fingerprint density at radius 2 is 1.88 bits per heavy atom. The highest BCUT2D eigenvalue weighted by atomic mass is 79.9. The van der Waals surface area contributed by atoms with E-state index in [1.54, 1.807) is 18.2 Å². The predicted octanol–water partition coefficient (Wildman–Crippen LogP) is 2.27. The fourth-order valence-electron chi connectivity index (χ4n) is 2.12. The molecule has 0 aliphatic rings. The number of hydrogen-bond acceptors (Lipinski definition) is 4. The van der Waals surface area contributed by atoms with Gasteiger partial charge < -0.3 is 15.4 Å². The molecular weight excluding hydrogens is 376 g/mol. The van der Waals surface area contributed by atoms with Gasteiger partial charge >= 0.3 is 5.97 Å². The van der Waals surface area contributed by atoms with Gasteiger partial charge in [-0.05, 0) is 40.4 Å². The van der Waals surface area contributed by atoms with Crippen LogP contribution in [0.5, 0.6) is 0 Å². The molecule has 1 rings (SSSR count). The molecule has 0 bridgehead atoms. The Bertz CT molecular complexity index is 590. The Labute approximate surface area is 150 Å². The lowest BCUT2D eigenvalue weighted by atomic mass is 10.0. The van der Waals surface area contributed by atoms with E-state index in [-0.39, 0.29) is 30.7 Å². The van der Waals surface area contributed by atoms with Crippen LogP contribution < -0.4 is 10.6 Å². The summed E-state index contributed by atoms with van der Waals surface area (Å²) in [5, 5.41) is 5.33. The number of amides is 2. The van der Waals surface area contributed by atoms with Crippen LogP contribution in [-0.2, 0) is 14.3 Å². The lowest BCUT2D eigenvalue weighted by molar-refractivity contribution is -0.145. The molecular formula is C17H23BrN2O4. The van der Waals surface area contributed by atoms with E-state index in [1.165, 1.54) is 7.11 Å². The topological polar surface area (TPSA) is 84.5 Å². The van der Waals surface area contributed by atoms with Crippen molar-refractivity contribution < 1.29 is 19.1 Å². The van der Waals surface area contributed by atoms with E-state index in [0.717, 1.165) is 0 Å². The Kier molecular flexibility index (Phi) is 8.46. The molecule has 2 amide bonds. The molecule has 1 atom stereocenters. The molecule has 0 saturated carbocycles. The summed E-state index contributed by atoms with van der Waals surface area (Å²) in [4.78, 5) is 35.7. The molecule has 2 N–H and O–H groups in total. The van der Waals surface area contributed by atoms with E-state index < -0.39 is 12.0 Å². The van der Waals surface area contributed by atoms with Gasteiger partial charge in [-0.25, -0.2) is 4.79 Å². The van der Waals surface area contributed by atoms with E-state index in [4.69, 9.17) is 4.74 Å². The highest BCUT2D eigenvalue weighted by molar-refractivity contribution is 9.10. The van der Waals surface area contributed by atoms with E-state index in [2.05, 4.69) is 26.6 Å². The average molecular weight is 399 g/mol. The van der Waals surface area contributed by atoms with Gasteiger partial charge in [0.2, 0.25) is 5.91 Å². The zero-order valence-corrected chi connectivity index (χ0v) is 15.7. The van der Waals surface area contributed by atoms with E-state index in [0.29, 0.717) is 16.5 Å². The van der Waals surface area contributed by atoms with Crippen molar-refractivity contribution in [3.8, 4) is 0 Å². The summed E-state index contributed by atoms with van der Waals surface area (Å²) in [5.74, 6) is -0.792. The third-order valence-electron chi connectivity index (χ3n) is 3.28. The normalized spacial score (nSPS) is 11.7. The van der Waals surface area contributed by atoms with Crippen molar-refractivity contribution in [2.75, 3.05) is 13.7 Å². The first-order chi connectivity index (χ1) is 11.3. The largest absolute Gasteiger partial charge is 0.467 e. The second-order valence-corrected chi connectivity index (χ2v) is 6.61. The van der Waals surface area contributed by atoms with Gasteiger partial charge in [0.15, 0.2) is 0 Å². The maximum atomic E-state index is 12.0. The van der Waals surface area contributed by atoms with Gasteiger partial charge in [-0.1, -0.05) is 26.0 Å². The first kappa shape index (κ1) is 20.2. The number of carbonyl (C=O) groups excluding carboxylic acids is 3. The summed E-state index contributed by atoms with van der Waals surface area (Å²) in [5.41, 5.74) is 0.505. The molecule has 6 nitrogen and oxygen atoms in total. The predicted molar refractivity (Wildman–Crippen MR) is 94.5 cm³/mol. The number of carbonyl (C=O) groups is 3. The molecule has 0 fully saturated rings. The summed E-state index contributed by atoms with van der Waals surface area (Å²) in [6, 6.07) is 6.38. The van der Waals surface area contributed by atoms with Gasteiger partial charge in [0, 0.05) is 17.4 Å². The van der Waals surface area contributed by atoms with Gasteiger partial charge in [0.05, 0.1) is 12.7 Å². The van der Waals surface area contributed by atoms with Gasteiger partial charge in [-0.3, -0.25) is 9.59 Å². The molecule has 0 aliphatic carbocycles.